The van der Waals surface area contributed by atoms with Crippen molar-refractivity contribution in [3.63, 3.8) is 0 Å². The zero-order valence-corrected chi connectivity index (χ0v) is 9.87. The van der Waals surface area contributed by atoms with E-state index in [-0.39, 0.29) is 17.7 Å². The van der Waals surface area contributed by atoms with Crippen molar-refractivity contribution in [2.75, 3.05) is 13.7 Å². The molecule has 1 rings (SSSR count). The van der Waals surface area contributed by atoms with Gasteiger partial charge in [-0.3, -0.25) is 4.79 Å². The summed E-state index contributed by atoms with van der Waals surface area (Å²) < 4.78 is 4.93. The highest BCUT2D eigenvalue weighted by Crippen LogP contribution is 2.29. The Balaban J connectivity index is 2.32. The first-order valence-corrected chi connectivity index (χ1v) is 5.93. The Morgan fingerprint density at radius 2 is 2.00 bits per heavy atom. The fraction of sp³-hybridized carbons (Fsp3) is 0.917. The molecule has 0 radical (unpaired) electrons. The molecule has 0 saturated heterocycles. The number of Topliss-reactive ketones (excluding diaryl/α,β-unsaturated/α-hetero) is 1. The second-order valence-corrected chi connectivity index (χ2v) is 4.75. The van der Waals surface area contributed by atoms with Crippen LogP contribution in [0.5, 0.6) is 0 Å². The maximum absolute atomic E-state index is 11.9. The van der Waals surface area contributed by atoms with Gasteiger partial charge in [0.2, 0.25) is 0 Å². The molecule has 1 atom stereocenters. The predicted molar refractivity (Wildman–Crippen MR) is 60.6 cm³/mol. The molecule has 0 spiro atoms. The van der Waals surface area contributed by atoms with Crippen molar-refractivity contribution >= 4 is 5.78 Å². The smallest absolute Gasteiger partial charge is 0.152 e. The van der Waals surface area contributed by atoms with Crippen LogP contribution in [0.25, 0.3) is 0 Å². The van der Waals surface area contributed by atoms with Gasteiger partial charge in [-0.15, -0.1) is 0 Å². The molecule has 2 N–H and O–H groups in total. The third-order valence-corrected chi connectivity index (χ3v) is 3.42. The average Bonchev–Trinajstić information content (AvgIpc) is 2.26. The molecule has 88 valence electrons. The number of ketones is 1. The quantitative estimate of drug-likeness (QED) is 0.757. The lowest BCUT2D eigenvalue weighted by atomic mass is 9.79. The number of hydrogen-bond donors (Lipinski definition) is 1. The van der Waals surface area contributed by atoms with Crippen LogP contribution in [-0.4, -0.2) is 25.5 Å². The van der Waals surface area contributed by atoms with Gasteiger partial charge in [-0.05, 0) is 25.2 Å². The molecular formula is C12H23NO2. The fourth-order valence-corrected chi connectivity index (χ4v) is 2.23. The van der Waals surface area contributed by atoms with Crippen LogP contribution in [0.2, 0.25) is 0 Å². The second kappa shape index (κ2) is 6.23. The summed E-state index contributed by atoms with van der Waals surface area (Å²) in [5.41, 5.74) is 5.84. The molecule has 3 heteroatoms. The predicted octanol–water partition coefficient (Wildman–Crippen LogP) is 1.75. The van der Waals surface area contributed by atoms with Gasteiger partial charge in [0.15, 0.2) is 5.78 Å². The van der Waals surface area contributed by atoms with Gasteiger partial charge in [0.05, 0.1) is 6.04 Å². The van der Waals surface area contributed by atoms with E-state index in [4.69, 9.17) is 10.5 Å². The van der Waals surface area contributed by atoms with Crippen LogP contribution in [0.4, 0.5) is 0 Å². The first-order valence-electron chi connectivity index (χ1n) is 5.93. The van der Waals surface area contributed by atoms with Crippen molar-refractivity contribution in [3.8, 4) is 0 Å². The minimum atomic E-state index is -0.316. The standard InChI is InChI=1S/C12H23NO2/c1-9-3-5-10(6-4-9)12(14)11(13)7-8-15-2/h9-11H,3-8,13H2,1-2H3. The zero-order valence-electron chi connectivity index (χ0n) is 9.87. The van der Waals surface area contributed by atoms with Crippen LogP contribution in [0, 0.1) is 11.8 Å². The Kier molecular flexibility index (Phi) is 5.26. The summed E-state index contributed by atoms with van der Waals surface area (Å²) >= 11 is 0. The molecular weight excluding hydrogens is 190 g/mol. The molecule has 0 aromatic heterocycles. The lowest BCUT2D eigenvalue weighted by Gasteiger charge is -2.26. The highest BCUT2D eigenvalue weighted by atomic mass is 16.5. The summed E-state index contributed by atoms with van der Waals surface area (Å²) in [5, 5.41) is 0. The van der Waals surface area contributed by atoms with E-state index in [0.29, 0.717) is 13.0 Å². The summed E-state index contributed by atoms with van der Waals surface area (Å²) in [7, 11) is 1.64. The number of carbonyl (C=O) groups is 1. The molecule has 0 bridgehead atoms. The maximum Gasteiger partial charge on any atom is 0.152 e. The Morgan fingerprint density at radius 3 is 2.53 bits per heavy atom. The maximum atomic E-state index is 11.9. The Labute approximate surface area is 92.4 Å². The van der Waals surface area contributed by atoms with Crippen LogP contribution >= 0.6 is 0 Å². The molecule has 0 aromatic rings. The van der Waals surface area contributed by atoms with Gasteiger partial charge in [0.1, 0.15) is 0 Å². The topological polar surface area (TPSA) is 52.3 Å². The fourth-order valence-electron chi connectivity index (χ4n) is 2.23. The van der Waals surface area contributed by atoms with E-state index in [9.17, 15) is 4.79 Å². The molecule has 1 saturated carbocycles. The molecule has 1 aliphatic rings. The molecule has 1 unspecified atom stereocenters. The first-order chi connectivity index (χ1) is 7.15. The summed E-state index contributed by atoms with van der Waals surface area (Å²) in [6, 6.07) is -0.316. The molecule has 15 heavy (non-hydrogen) atoms. The van der Waals surface area contributed by atoms with Gasteiger partial charge in [-0.1, -0.05) is 19.8 Å². The van der Waals surface area contributed by atoms with E-state index >= 15 is 0 Å². The van der Waals surface area contributed by atoms with Gasteiger partial charge >= 0.3 is 0 Å². The Bertz CT molecular complexity index is 198. The van der Waals surface area contributed by atoms with Crippen molar-refractivity contribution in [2.45, 2.75) is 45.1 Å². The van der Waals surface area contributed by atoms with E-state index < -0.39 is 0 Å². The molecule has 0 amide bonds. The molecule has 1 fully saturated rings. The van der Waals surface area contributed by atoms with Crippen LogP contribution in [-0.2, 0) is 9.53 Å². The van der Waals surface area contributed by atoms with Gasteiger partial charge in [0.25, 0.3) is 0 Å². The Hall–Kier alpha value is -0.410. The molecule has 0 aliphatic heterocycles. The number of rotatable bonds is 5. The number of carbonyl (C=O) groups excluding carboxylic acids is 1. The summed E-state index contributed by atoms with van der Waals surface area (Å²) in [6.45, 7) is 2.83. The minimum absolute atomic E-state index is 0.216. The Morgan fingerprint density at radius 1 is 1.40 bits per heavy atom. The highest BCUT2D eigenvalue weighted by Gasteiger charge is 2.27. The van der Waals surface area contributed by atoms with Gasteiger partial charge in [0, 0.05) is 19.6 Å². The molecule has 0 heterocycles. The normalized spacial score (nSPS) is 28.7. The minimum Gasteiger partial charge on any atom is -0.385 e. The number of hydrogen-bond acceptors (Lipinski definition) is 3. The lowest BCUT2D eigenvalue weighted by molar-refractivity contribution is -0.125. The molecule has 3 nitrogen and oxygen atoms in total. The van der Waals surface area contributed by atoms with E-state index in [1.807, 2.05) is 0 Å². The van der Waals surface area contributed by atoms with E-state index in [2.05, 4.69) is 6.92 Å². The van der Waals surface area contributed by atoms with Gasteiger partial charge in [-0.2, -0.15) is 0 Å². The van der Waals surface area contributed by atoms with Gasteiger partial charge < -0.3 is 10.5 Å². The van der Waals surface area contributed by atoms with Crippen molar-refractivity contribution in [3.05, 3.63) is 0 Å². The lowest BCUT2D eigenvalue weighted by Crippen LogP contribution is -2.37. The van der Waals surface area contributed by atoms with Crippen LogP contribution in [0.15, 0.2) is 0 Å². The number of nitrogens with two attached hydrogens (primary N) is 1. The summed E-state index contributed by atoms with van der Waals surface area (Å²) in [6.07, 6.45) is 5.06. The van der Waals surface area contributed by atoms with E-state index in [1.54, 1.807) is 7.11 Å². The van der Waals surface area contributed by atoms with Gasteiger partial charge in [-0.25, -0.2) is 0 Å². The van der Waals surface area contributed by atoms with E-state index in [1.165, 1.54) is 12.8 Å². The van der Waals surface area contributed by atoms with Crippen LogP contribution in [0.3, 0.4) is 0 Å². The van der Waals surface area contributed by atoms with Crippen LogP contribution < -0.4 is 5.73 Å². The monoisotopic (exact) mass is 213 g/mol. The van der Waals surface area contributed by atoms with Crippen molar-refractivity contribution in [1.82, 2.24) is 0 Å². The van der Waals surface area contributed by atoms with Crippen molar-refractivity contribution < 1.29 is 9.53 Å². The van der Waals surface area contributed by atoms with Crippen LogP contribution in [0.1, 0.15) is 39.0 Å². The van der Waals surface area contributed by atoms with Crippen molar-refractivity contribution in [2.24, 2.45) is 17.6 Å². The third-order valence-electron chi connectivity index (χ3n) is 3.42. The number of methoxy groups -OCH3 is 1. The summed E-state index contributed by atoms with van der Waals surface area (Å²) in [5.74, 6) is 1.25. The third kappa shape index (κ3) is 3.92. The molecule has 0 aromatic carbocycles. The average molecular weight is 213 g/mol. The second-order valence-electron chi connectivity index (χ2n) is 4.75. The first kappa shape index (κ1) is 12.7. The highest BCUT2D eigenvalue weighted by molar-refractivity contribution is 5.86. The number of ether oxygens (including phenoxy) is 1. The largest absolute Gasteiger partial charge is 0.385 e. The zero-order chi connectivity index (χ0) is 11.3. The van der Waals surface area contributed by atoms with Crippen molar-refractivity contribution in [1.29, 1.82) is 0 Å². The SMILES string of the molecule is COCCC(N)C(=O)C1CCC(C)CC1. The van der Waals surface area contributed by atoms with E-state index in [0.717, 1.165) is 18.8 Å². The summed E-state index contributed by atoms with van der Waals surface area (Å²) in [4.78, 5) is 11.9. The molecule has 1 aliphatic carbocycles.